The van der Waals surface area contributed by atoms with Gasteiger partial charge in [0.1, 0.15) is 18.0 Å². The number of anilines is 2. The summed E-state index contributed by atoms with van der Waals surface area (Å²) in [5.41, 5.74) is 0. The lowest BCUT2D eigenvalue weighted by Gasteiger charge is -2.24. The molecule has 3 heterocycles. The highest BCUT2D eigenvalue weighted by Crippen LogP contribution is 2.25. The van der Waals surface area contributed by atoms with Crippen LogP contribution < -0.4 is 10.2 Å². The molecule has 2 saturated heterocycles. The van der Waals surface area contributed by atoms with E-state index in [-0.39, 0.29) is 12.6 Å². The Bertz CT molecular complexity index is 479. The Labute approximate surface area is 131 Å². The first-order chi connectivity index (χ1) is 10.8. The second-order valence-corrected chi connectivity index (χ2v) is 6.35. The molecule has 0 bridgehead atoms. The number of aromatic nitrogens is 2. The number of nitrogens with zero attached hydrogens (tertiary/aromatic N) is 3. The summed E-state index contributed by atoms with van der Waals surface area (Å²) in [7, 11) is 0. The van der Waals surface area contributed by atoms with Crippen LogP contribution in [0.5, 0.6) is 0 Å². The predicted octanol–water partition coefficient (Wildman–Crippen LogP) is 1.81. The number of nitrogens with one attached hydrogen (secondary N) is 1. The molecule has 0 unspecified atom stereocenters. The van der Waals surface area contributed by atoms with Crippen molar-refractivity contribution >= 4 is 11.6 Å². The Morgan fingerprint density at radius 2 is 2.32 bits per heavy atom. The van der Waals surface area contributed by atoms with E-state index in [9.17, 15) is 5.11 Å². The van der Waals surface area contributed by atoms with Crippen LogP contribution in [-0.2, 0) is 4.74 Å². The van der Waals surface area contributed by atoms with Crippen LogP contribution >= 0.6 is 0 Å². The normalized spacial score (nSPS) is 26.4. The van der Waals surface area contributed by atoms with E-state index < -0.39 is 0 Å². The van der Waals surface area contributed by atoms with E-state index in [1.807, 2.05) is 6.07 Å². The van der Waals surface area contributed by atoms with Gasteiger partial charge in [0, 0.05) is 25.3 Å². The molecular weight excluding hydrogens is 280 g/mol. The van der Waals surface area contributed by atoms with Gasteiger partial charge in [0.15, 0.2) is 0 Å². The van der Waals surface area contributed by atoms with Gasteiger partial charge in [-0.15, -0.1) is 0 Å². The summed E-state index contributed by atoms with van der Waals surface area (Å²) < 4.78 is 5.69. The molecule has 1 aromatic heterocycles. The Kier molecular flexibility index (Phi) is 5.10. The SMILES string of the molecule is C[C@H](C[C@@H]1CCCO1)Nc1cc(N2CCC[C@@H]2CO)ncn1. The Morgan fingerprint density at radius 1 is 1.41 bits per heavy atom. The largest absolute Gasteiger partial charge is 0.394 e. The van der Waals surface area contributed by atoms with Gasteiger partial charge in [-0.1, -0.05) is 0 Å². The first kappa shape index (κ1) is 15.5. The standard InChI is InChI=1S/C16H26N4O2/c1-12(8-14-5-3-7-22-14)19-15-9-16(18-11-17-15)20-6-2-4-13(20)10-21/h9,11-14,21H,2-8,10H2,1H3,(H,17,18,19)/t12-,13-,14+/m1/s1. The second kappa shape index (κ2) is 7.24. The van der Waals surface area contributed by atoms with Crippen molar-refractivity contribution in [2.45, 2.75) is 57.2 Å². The van der Waals surface area contributed by atoms with Crippen LogP contribution in [0.4, 0.5) is 11.6 Å². The topological polar surface area (TPSA) is 70.5 Å². The number of aliphatic hydroxyl groups is 1. The molecule has 0 radical (unpaired) electrons. The van der Waals surface area contributed by atoms with Crippen LogP contribution in [0.1, 0.15) is 39.0 Å². The lowest BCUT2D eigenvalue weighted by molar-refractivity contribution is 0.101. The highest BCUT2D eigenvalue weighted by atomic mass is 16.5. The molecule has 22 heavy (non-hydrogen) atoms. The summed E-state index contributed by atoms with van der Waals surface area (Å²) in [4.78, 5) is 10.9. The molecule has 3 rings (SSSR count). The van der Waals surface area contributed by atoms with E-state index in [0.29, 0.717) is 12.1 Å². The van der Waals surface area contributed by atoms with Crippen LogP contribution in [0.25, 0.3) is 0 Å². The highest BCUT2D eigenvalue weighted by molar-refractivity contribution is 5.50. The molecule has 0 saturated carbocycles. The minimum Gasteiger partial charge on any atom is -0.394 e. The van der Waals surface area contributed by atoms with Crippen molar-refractivity contribution in [2.75, 3.05) is 30.0 Å². The Morgan fingerprint density at radius 3 is 3.09 bits per heavy atom. The average Bonchev–Trinajstić information content (AvgIpc) is 3.18. The van der Waals surface area contributed by atoms with Crippen molar-refractivity contribution < 1.29 is 9.84 Å². The van der Waals surface area contributed by atoms with Crippen LogP contribution in [0.2, 0.25) is 0 Å². The van der Waals surface area contributed by atoms with Gasteiger partial charge >= 0.3 is 0 Å². The molecule has 2 aliphatic heterocycles. The zero-order valence-electron chi connectivity index (χ0n) is 13.2. The maximum atomic E-state index is 9.46. The molecule has 0 spiro atoms. The van der Waals surface area contributed by atoms with Gasteiger partial charge in [0.2, 0.25) is 0 Å². The molecule has 122 valence electrons. The van der Waals surface area contributed by atoms with Crippen molar-refractivity contribution in [1.29, 1.82) is 0 Å². The second-order valence-electron chi connectivity index (χ2n) is 6.35. The molecule has 6 heteroatoms. The number of aliphatic hydroxyl groups excluding tert-OH is 1. The molecule has 2 fully saturated rings. The summed E-state index contributed by atoms with van der Waals surface area (Å²) in [5, 5.41) is 12.9. The number of rotatable bonds is 6. The average molecular weight is 306 g/mol. The molecule has 2 aliphatic rings. The lowest BCUT2D eigenvalue weighted by Crippen LogP contribution is -2.33. The molecule has 0 aromatic carbocycles. The third kappa shape index (κ3) is 3.67. The molecule has 6 nitrogen and oxygen atoms in total. The minimum absolute atomic E-state index is 0.183. The number of ether oxygens (including phenoxy) is 1. The molecule has 0 aliphatic carbocycles. The van der Waals surface area contributed by atoms with E-state index in [4.69, 9.17) is 4.74 Å². The van der Waals surface area contributed by atoms with Crippen molar-refractivity contribution in [2.24, 2.45) is 0 Å². The van der Waals surface area contributed by atoms with Crippen molar-refractivity contribution in [1.82, 2.24) is 9.97 Å². The van der Waals surface area contributed by atoms with Gasteiger partial charge < -0.3 is 20.1 Å². The van der Waals surface area contributed by atoms with E-state index in [0.717, 1.165) is 50.5 Å². The molecule has 3 atom stereocenters. The summed E-state index contributed by atoms with van der Waals surface area (Å²) >= 11 is 0. The van der Waals surface area contributed by atoms with Crippen molar-refractivity contribution in [3.8, 4) is 0 Å². The first-order valence-corrected chi connectivity index (χ1v) is 8.34. The van der Waals surface area contributed by atoms with Gasteiger partial charge in [-0.25, -0.2) is 9.97 Å². The van der Waals surface area contributed by atoms with Gasteiger partial charge in [-0.2, -0.15) is 0 Å². The smallest absolute Gasteiger partial charge is 0.134 e. The molecule has 2 N–H and O–H groups in total. The van der Waals surface area contributed by atoms with Crippen LogP contribution in [0.3, 0.4) is 0 Å². The zero-order valence-corrected chi connectivity index (χ0v) is 13.2. The van der Waals surface area contributed by atoms with Crippen LogP contribution in [0, 0.1) is 0 Å². The van der Waals surface area contributed by atoms with E-state index in [2.05, 4.69) is 27.1 Å². The molecule has 0 amide bonds. The lowest BCUT2D eigenvalue weighted by atomic mass is 10.1. The quantitative estimate of drug-likeness (QED) is 0.835. The third-order valence-electron chi connectivity index (χ3n) is 4.57. The Balaban J connectivity index is 1.60. The van der Waals surface area contributed by atoms with Gasteiger partial charge in [0.05, 0.1) is 18.8 Å². The number of hydrogen-bond donors (Lipinski definition) is 2. The van der Waals surface area contributed by atoms with E-state index in [1.165, 1.54) is 6.42 Å². The summed E-state index contributed by atoms with van der Waals surface area (Å²) in [6.07, 6.45) is 7.44. The van der Waals surface area contributed by atoms with Crippen molar-refractivity contribution in [3.05, 3.63) is 12.4 Å². The van der Waals surface area contributed by atoms with Crippen LogP contribution in [-0.4, -0.2) is 53.0 Å². The molecule has 1 aromatic rings. The van der Waals surface area contributed by atoms with Crippen LogP contribution in [0.15, 0.2) is 12.4 Å². The maximum absolute atomic E-state index is 9.46. The first-order valence-electron chi connectivity index (χ1n) is 8.34. The summed E-state index contributed by atoms with van der Waals surface area (Å²) in [6.45, 7) is 4.19. The van der Waals surface area contributed by atoms with Gasteiger partial charge in [-0.3, -0.25) is 0 Å². The predicted molar refractivity (Wildman–Crippen MR) is 86.2 cm³/mol. The van der Waals surface area contributed by atoms with Gasteiger partial charge in [-0.05, 0) is 39.0 Å². The van der Waals surface area contributed by atoms with E-state index in [1.54, 1.807) is 6.33 Å². The summed E-state index contributed by atoms with van der Waals surface area (Å²) in [5.74, 6) is 1.75. The fourth-order valence-electron chi connectivity index (χ4n) is 3.45. The van der Waals surface area contributed by atoms with Gasteiger partial charge in [0.25, 0.3) is 0 Å². The summed E-state index contributed by atoms with van der Waals surface area (Å²) in [6, 6.07) is 2.49. The minimum atomic E-state index is 0.183. The highest BCUT2D eigenvalue weighted by Gasteiger charge is 2.25. The monoisotopic (exact) mass is 306 g/mol. The number of hydrogen-bond acceptors (Lipinski definition) is 6. The van der Waals surface area contributed by atoms with Crippen molar-refractivity contribution in [3.63, 3.8) is 0 Å². The zero-order chi connectivity index (χ0) is 15.4. The Hall–Kier alpha value is -1.40. The van der Waals surface area contributed by atoms with E-state index >= 15 is 0 Å². The fraction of sp³-hybridized carbons (Fsp3) is 0.750. The third-order valence-corrected chi connectivity index (χ3v) is 4.57. The maximum Gasteiger partial charge on any atom is 0.134 e. The molecular formula is C16H26N4O2. The fourth-order valence-corrected chi connectivity index (χ4v) is 3.45.